The molecule has 2 atom stereocenters. The average molecular weight is 332 g/mol. The molecule has 24 heavy (non-hydrogen) atoms. The molecule has 0 saturated carbocycles. The van der Waals surface area contributed by atoms with Crippen LogP contribution in [-0.4, -0.2) is 61.0 Å². The molecule has 0 spiro atoms. The Morgan fingerprint density at radius 3 is 2.58 bits per heavy atom. The van der Waals surface area contributed by atoms with Gasteiger partial charge in [-0.15, -0.1) is 0 Å². The maximum atomic E-state index is 9.79. The van der Waals surface area contributed by atoms with Crippen molar-refractivity contribution in [1.29, 1.82) is 0 Å². The van der Waals surface area contributed by atoms with Gasteiger partial charge >= 0.3 is 0 Å². The van der Waals surface area contributed by atoms with E-state index in [1.165, 1.54) is 37.9 Å². The molecule has 2 saturated heterocycles. The number of hydrogen-bond acceptors (Lipinski definition) is 5. The minimum absolute atomic E-state index is 0.302. The fourth-order valence-electron chi connectivity index (χ4n) is 4.35. The van der Waals surface area contributed by atoms with Crippen molar-refractivity contribution >= 4 is 0 Å². The van der Waals surface area contributed by atoms with Crippen LogP contribution in [0.1, 0.15) is 24.8 Å². The second-order valence-electron chi connectivity index (χ2n) is 7.45. The first kappa shape index (κ1) is 16.2. The van der Waals surface area contributed by atoms with E-state index in [1.54, 1.807) is 0 Å². The molecule has 5 nitrogen and oxygen atoms in total. The number of ether oxygens (including phenoxy) is 2. The van der Waals surface area contributed by atoms with Crippen LogP contribution in [-0.2, 0) is 6.54 Å². The molecule has 4 rings (SSSR count). The number of benzene rings is 1. The molecule has 0 aliphatic carbocycles. The van der Waals surface area contributed by atoms with Crippen molar-refractivity contribution in [2.45, 2.75) is 25.8 Å². The van der Waals surface area contributed by atoms with E-state index in [9.17, 15) is 5.11 Å². The number of hydrogen-bond donors (Lipinski definition) is 1. The summed E-state index contributed by atoms with van der Waals surface area (Å²) in [6.07, 6.45) is 4.04. The van der Waals surface area contributed by atoms with Gasteiger partial charge in [-0.2, -0.15) is 0 Å². The second-order valence-corrected chi connectivity index (χ2v) is 7.45. The Hall–Kier alpha value is -1.30. The van der Waals surface area contributed by atoms with Crippen molar-refractivity contribution in [2.75, 3.05) is 46.1 Å². The molecule has 3 aliphatic heterocycles. The van der Waals surface area contributed by atoms with Gasteiger partial charge in [0.1, 0.15) is 0 Å². The normalized spacial score (nSPS) is 27.7. The lowest BCUT2D eigenvalue weighted by atomic mass is 9.95. The molecule has 0 amide bonds. The fraction of sp³-hybridized carbons (Fsp3) is 0.684. The van der Waals surface area contributed by atoms with Crippen LogP contribution in [0.4, 0.5) is 0 Å². The highest BCUT2D eigenvalue weighted by Gasteiger charge is 2.33. The number of likely N-dealkylation sites (tertiary alicyclic amines) is 2. The molecule has 0 bridgehead atoms. The number of rotatable bonds is 5. The lowest BCUT2D eigenvalue weighted by Gasteiger charge is -2.30. The highest BCUT2D eigenvalue weighted by Crippen LogP contribution is 2.34. The molecule has 1 N–H and O–H groups in total. The average Bonchev–Trinajstić information content (AvgIpc) is 3.22. The van der Waals surface area contributed by atoms with Gasteiger partial charge in [0.05, 0.1) is 0 Å². The van der Waals surface area contributed by atoms with Crippen LogP contribution in [0.5, 0.6) is 11.5 Å². The predicted octanol–water partition coefficient (Wildman–Crippen LogP) is 1.94. The summed E-state index contributed by atoms with van der Waals surface area (Å²) in [7, 11) is 0. The minimum Gasteiger partial charge on any atom is -0.454 e. The van der Waals surface area contributed by atoms with Crippen molar-refractivity contribution in [3.63, 3.8) is 0 Å². The number of aliphatic hydroxyl groups is 1. The summed E-state index contributed by atoms with van der Waals surface area (Å²) in [6, 6.07) is 6.22. The zero-order valence-corrected chi connectivity index (χ0v) is 14.3. The van der Waals surface area contributed by atoms with Crippen LogP contribution in [0, 0.1) is 11.8 Å². The topological polar surface area (TPSA) is 45.2 Å². The first-order valence-electron chi connectivity index (χ1n) is 9.26. The Balaban J connectivity index is 1.36. The number of nitrogens with zero attached hydrogens (tertiary/aromatic N) is 2. The Labute approximate surface area is 144 Å². The number of piperidine rings is 1. The third-order valence-corrected chi connectivity index (χ3v) is 5.67. The molecular formula is C19H28N2O3. The molecule has 2 fully saturated rings. The van der Waals surface area contributed by atoms with Gasteiger partial charge in [-0.25, -0.2) is 0 Å². The van der Waals surface area contributed by atoms with Gasteiger partial charge in [-0.1, -0.05) is 12.5 Å². The summed E-state index contributed by atoms with van der Waals surface area (Å²) in [5.41, 5.74) is 1.26. The van der Waals surface area contributed by atoms with Gasteiger partial charge < -0.3 is 19.5 Å². The minimum atomic E-state index is 0.302. The van der Waals surface area contributed by atoms with Crippen molar-refractivity contribution in [1.82, 2.24) is 9.80 Å². The lowest BCUT2D eigenvalue weighted by Crippen LogP contribution is -2.37. The molecule has 0 radical (unpaired) electrons. The third kappa shape index (κ3) is 3.53. The molecule has 132 valence electrons. The maximum absolute atomic E-state index is 9.79. The first-order chi connectivity index (χ1) is 11.8. The number of aliphatic hydroxyl groups excluding tert-OH is 1. The molecular weight excluding hydrogens is 304 g/mol. The zero-order valence-electron chi connectivity index (χ0n) is 14.3. The fourth-order valence-corrected chi connectivity index (χ4v) is 4.35. The standard InChI is InChI=1S/C19H28N2O3/c22-13-17-12-21(11-16(17)10-20-6-2-1-3-7-20)9-15-4-5-18-19(8-15)24-14-23-18/h4-5,8,16-17,22H,1-3,6-7,9-14H2/t16-,17-/m1/s1. The first-order valence-corrected chi connectivity index (χ1v) is 9.26. The predicted molar refractivity (Wildman–Crippen MR) is 92.2 cm³/mol. The SMILES string of the molecule is OC[C@H]1CN(Cc2ccc3c(c2)OCO3)C[C@H]1CN1CCCCC1. The van der Waals surface area contributed by atoms with Crippen LogP contribution in [0.2, 0.25) is 0 Å². The van der Waals surface area contributed by atoms with E-state index in [0.717, 1.165) is 37.7 Å². The molecule has 5 heteroatoms. The van der Waals surface area contributed by atoms with Gasteiger partial charge in [0.15, 0.2) is 11.5 Å². The summed E-state index contributed by atoms with van der Waals surface area (Å²) in [6.45, 7) is 7.23. The molecule has 0 aromatic heterocycles. The smallest absolute Gasteiger partial charge is 0.231 e. The van der Waals surface area contributed by atoms with E-state index in [1.807, 2.05) is 6.07 Å². The Morgan fingerprint density at radius 1 is 0.958 bits per heavy atom. The van der Waals surface area contributed by atoms with E-state index >= 15 is 0 Å². The van der Waals surface area contributed by atoms with E-state index < -0.39 is 0 Å². The maximum Gasteiger partial charge on any atom is 0.231 e. The zero-order chi connectivity index (χ0) is 16.4. The molecule has 1 aromatic carbocycles. The third-order valence-electron chi connectivity index (χ3n) is 5.67. The summed E-state index contributed by atoms with van der Waals surface area (Å²) >= 11 is 0. The summed E-state index contributed by atoms with van der Waals surface area (Å²) in [5.74, 6) is 2.69. The summed E-state index contributed by atoms with van der Waals surface area (Å²) in [4.78, 5) is 5.08. The quantitative estimate of drug-likeness (QED) is 0.893. The van der Waals surface area contributed by atoms with E-state index in [2.05, 4.69) is 21.9 Å². The van der Waals surface area contributed by atoms with Crippen LogP contribution >= 0.6 is 0 Å². The molecule has 3 aliphatic rings. The Kier molecular flexibility index (Phi) is 4.92. The van der Waals surface area contributed by atoms with Crippen molar-refractivity contribution < 1.29 is 14.6 Å². The van der Waals surface area contributed by atoms with Gasteiger partial charge in [0.25, 0.3) is 0 Å². The van der Waals surface area contributed by atoms with Gasteiger partial charge in [0, 0.05) is 32.8 Å². The van der Waals surface area contributed by atoms with Crippen molar-refractivity contribution in [2.24, 2.45) is 11.8 Å². The Morgan fingerprint density at radius 2 is 1.75 bits per heavy atom. The summed E-state index contributed by atoms with van der Waals surface area (Å²) < 4.78 is 10.9. The van der Waals surface area contributed by atoms with Crippen LogP contribution in [0.25, 0.3) is 0 Å². The molecule has 1 aromatic rings. The second kappa shape index (κ2) is 7.30. The molecule has 0 unspecified atom stereocenters. The summed E-state index contributed by atoms with van der Waals surface area (Å²) in [5, 5.41) is 9.79. The monoisotopic (exact) mass is 332 g/mol. The van der Waals surface area contributed by atoms with E-state index in [4.69, 9.17) is 9.47 Å². The van der Waals surface area contributed by atoms with Crippen LogP contribution in [0.15, 0.2) is 18.2 Å². The number of fused-ring (bicyclic) bond motifs is 1. The van der Waals surface area contributed by atoms with Gasteiger partial charge in [0.2, 0.25) is 6.79 Å². The highest BCUT2D eigenvalue weighted by molar-refractivity contribution is 5.44. The van der Waals surface area contributed by atoms with Crippen molar-refractivity contribution in [3.05, 3.63) is 23.8 Å². The van der Waals surface area contributed by atoms with E-state index in [0.29, 0.717) is 25.2 Å². The Bertz CT molecular complexity index is 560. The molecule has 3 heterocycles. The van der Waals surface area contributed by atoms with Gasteiger partial charge in [-0.05, 0) is 55.5 Å². The largest absolute Gasteiger partial charge is 0.454 e. The van der Waals surface area contributed by atoms with E-state index in [-0.39, 0.29) is 0 Å². The highest BCUT2D eigenvalue weighted by atomic mass is 16.7. The van der Waals surface area contributed by atoms with Crippen molar-refractivity contribution in [3.8, 4) is 11.5 Å². The van der Waals surface area contributed by atoms with Gasteiger partial charge in [-0.3, -0.25) is 4.90 Å². The van der Waals surface area contributed by atoms with Crippen LogP contribution < -0.4 is 9.47 Å². The lowest BCUT2D eigenvalue weighted by molar-refractivity contribution is 0.149. The van der Waals surface area contributed by atoms with Crippen LogP contribution in [0.3, 0.4) is 0 Å².